The summed E-state index contributed by atoms with van der Waals surface area (Å²) in [6.07, 6.45) is 0.901. The molecule has 5 heteroatoms. The predicted molar refractivity (Wildman–Crippen MR) is 113 cm³/mol. The van der Waals surface area contributed by atoms with Crippen molar-refractivity contribution < 1.29 is 0 Å². The highest BCUT2D eigenvalue weighted by atomic mass is 32.1. The van der Waals surface area contributed by atoms with Gasteiger partial charge in [-0.25, -0.2) is 0 Å². The van der Waals surface area contributed by atoms with E-state index in [9.17, 15) is 0 Å². The van der Waals surface area contributed by atoms with E-state index in [1.807, 2.05) is 18.3 Å². The molecular formula is C22H26N4S. The molecule has 3 aromatic rings. The molecule has 1 atom stereocenters. The summed E-state index contributed by atoms with van der Waals surface area (Å²) in [5.41, 5.74) is 6.15. The van der Waals surface area contributed by atoms with Gasteiger partial charge in [-0.1, -0.05) is 45.0 Å². The van der Waals surface area contributed by atoms with Crippen molar-refractivity contribution in [2.75, 3.05) is 0 Å². The molecule has 4 rings (SSSR count). The Labute approximate surface area is 165 Å². The molecule has 2 aromatic heterocycles. The lowest BCUT2D eigenvalue weighted by Crippen LogP contribution is -2.07. The van der Waals surface area contributed by atoms with Gasteiger partial charge >= 0.3 is 0 Å². The highest BCUT2D eigenvalue weighted by Crippen LogP contribution is 2.39. The molecule has 1 aliphatic heterocycles. The van der Waals surface area contributed by atoms with Crippen molar-refractivity contribution in [1.82, 2.24) is 14.8 Å². The van der Waals surface area contributed by atoms with Gasteiger partial charge in [0.1, 0.15) is 16.9 Å². The molecule has 1 aliphatic rings. The Bertz CT molecular complexity index is 1020. The summed E-state index contributed by atoms with van der Waals surface area (Å²) >= 11 is 1.81. The van der Waals surface area contributed by atoms with Crippen LogP contribution < -0.4 is 0 Å². The first kappa shape index (κ1) is 18.1. The van der Waals surface area contributed by atoms with Crippen LogP contribution in [0.4, 0.5) is 0 Å². The summed E-state index contributed by atoms with van der Waals surface area (Å²) in [7, 11) is 0. The van der Waals surface area contributed by atoms with Crippen molar-refractivity contribution in [3.05, 3.63) is 63.0 Å². The molecule has 1 aromatic carbocycles. The first-order valence-electron chi connectivity index (χ1n) is 9.63. The maximum atomic E-state index is 5.21. The van der Waals surface area contributed by atoms with Crippen LogP contribution in [-0.4, -0.2) is 20.5 Å². The van der Waals surface area contributed by atoms with E-state index in [0.717, 1.165) is 23.8 Å². The predicted octanol–water partition coefficient (Wildman–Crippen LogP) is 5.68. The summed E-state index contributed by atoms with van der Waals surface area (Å²) in [5.74, 6) is 2.40. The lowest BCUT2D eigenvalue weighted by molar-refractivity contribution is 0.641. The number of thiophene rings is 1. The van der Waals surface area contributed by atoms with Crippen molar-refractivity contribution in [2.24, 2.45) is 4.99 Å². The Morgan fingerprint density at radius 2 is 1.78 bits per heavy atom. The van der Waals surface area contributed by atoms with Crippen molar-refractivity contribution in [3.8, 4) is 5.00 Å². The number of hydrogen-bond donors (Lipinski definition) is 0. The van der Waals surface area contributed by atoms with Gasteiger partial charge < -0.3 is 0 Å². The first-order valence-corrected chi connectivity index (χ1v) is 10.4. The lowest BCUT2D eigenvalue weighted by Gasteiger charge is -2.12. The topological polar surface area (TPSA) is 43.1 Å². The maximum Gasteiger partial charge on any atom is 0.163 e. The highest BCUT2D eigenvalue weighted by molar-refractivity contribution is 7.15. The minimum absolute atomic E-state index is 0.0188. The van der Waals surface area contributed by atoms with Crippen LogP contribution in [0.15, 0.2) is 29.3 Å². The number of rotatable bonds is 3. The van der Waals surface area contributed by atoms with Crippen LogP contribution in [0, 0.1) is 20.8 Å². The van der Waals surface area contributed by atoms with Crippen LogP contribution >= 0.6 is 11.3 Å². The second-order valence-corrected chi connectivity index (χ2v) is 8.79. The molecule has 0 spiro atoms. The SMILES string of the molecule is CCC1N=C(c2ccc(C(C)C)cc2)c2c(sc(C)c2C)-n2c(C)nnc21. The second kappa shape index (κ2) is 6.71. The molecule has 0 N–H and O–H groups in total. The third-order valence-electron chi connectivity index (χ3n) is 5.48. The standard InChI is InChI=1S/C22H26N4S/c1-7-18-21-25-24-15(6)26(21)22-19(13(4)14(5)27-22)20(23-18)17-10-8-16(9-11-17)12(2)3/h8-12,18H,7H2,1-6H3. The molecule has 140 valence electrons. The third-order valence-corrected chi connectivity index (χ3v) is 6.67. The van der Waals surface area contributed by atoms with Gasteiger partial charge in [0, 0.05) is 16.0 Å². The zero-order valence-corrected chi connectivity index (χ0v) is 17.7. The van der Waals surface area contributed by atoms with E-state index in [2.05, 4.69) is 73.6 Å². The molecule has 27 heavy (non-hydrogen) atoms. The van der Waals surface area contributed by atoms with Gasteiger partial charge in [-0.05, 0) is 44.2 Å². The Balaban J connectivity index is 1.98. The number of hydrogen-bond acceptors (Lipinski definition) is 4. The molecule has 0 bridgehead atoms. The first-order chi connectivity index (χ1) is 12.9. The molecule has 0 fully saturated rings. The number of nitrogens with zero attached hydrogens (tertiary/aromatic N) is 4. The number of fused-ring (bicyclic) bond motifs is 3. The van der Waals surface area contributed by atoms with E-state index in [-0.39, 0.29) is 6.04 Å². The second-order valence-electron chi connectivity index (χ2n) is 7.58. The fraction of sp³-hybridized carbons (Fsp3) is 0.409. The smallest absolute Gasteiger partial charge is 0.163 e. The highest BCUT2D eigenvalue weighted by Gasteiger charge is 2.30. The third kappa shape index (κ3) is 2.85. The largest absolute Gasteiger partial charge is 0.273 e. The van der Waals surface area contributed by atoms with Gasteiger partial charge in [0.15, 0.2) is 5.82 Å². The number of aryl methyl sites for hydroxylation is 2. The minimum atomic E-state index is 0.0188. The summed E-state index contributed by atoms with van der Waals surface area (Å²) in [5, 5.41) is 10.0. The summed E-state index contributed by atoms with van der Waals surface area (Å²) in [4.78, 5) is 6.53. The van der Waals surface area contributed by atoms with E-state index in [4.69, 9.17) is 4.99 Å². The molecule has 0 saturated carbocycles. The molecule has 0 amide bonds. The van der Waals surface area contributed by atoms with Crippen LogP contribution in [0.2, 0.25) is 0 Å². The maximum absolute atomic E-state index is 5.21. The average Bonchev–Trinajstić information content (AvgIpc) is 3.12. The summed E-state index contributed by atoms with van der Waals surface area (Å²) < 4.78 is 2.22. The normalized spacial score (nSPS) is 16.1. The monoisotopic (exact) mass is 378 g/mol. The fourth-order valence-corrected chi connectivity index (χ4v) is 4.90. The zero-order valence-electron chi connectivity index (χ0n) is 16.9. The minimum Gasteiger partial charge on any atom is -0.273 e. The van der Waals surface area contributed by atoms with E-state index in [0.29, 0.717) is 5.92 Å². The van der Waals surface area contributed by atoms with Gasteiger partial charge in [-0.3, -0.25) is 9.56 Å². The zero-order chi connectivity index (χ0) is 19.3. The Morgan fingerprint density at radius 3 is 2.41 bits per heavy atom. The van der Waals surface area contributed by atoms with Crippen LogP contribution in [0.25, 0.3) is 5.00 Å². The molecular weight excluding hydrogens is 352 g/mol. The summed E-state index contributed by atoms with van der Waals surface area (Å²) in [6.45, 7) is 13.0. The molecule has 0 saturated heterocycles. The molecule has 0 radical (unpaired) electrons. The van der Waals surface area contributed by atoms with Crippen molar-refractivity contribution in [2.45, 2.75) is 59.9 Å². The van der Waals surface area contributed by atoms with Gasteiger partial charge in [-0.15, -0.1) is 21.5 Å². The van der Waals surface area contributed by atoms with Gasteiger partial charge in [0.2, 0.25) is 0 Å². The Hall–Kier alpha value is -2.27. The lowest BCUT2D eigenvalue weighted by atomic mass is 9.96. The average molecular weight is 379 g/mol. The molecule has 0 aliphatic carbocycles. The number of aliphatic imine (C=N–C) groups is 1. The molecule has 4 nitrogen and oxygen atoms in total. The molecule has 1 unspecified atom stereocenters. The van der Waals surface area contributed by atoms with Crippen LogP contribution in [0.5, 0.6) is 0 Å². The van der Waals surface area contributed by atoms with E-state index in [1.54, 1.807) is 0 Å². The van der Waals surface area contributed by atoms with E-state index >= 15 is 0 Å². The van der Waals surface area contributed by atoms with E-state index in [1.165, 1.54) is 32.1 Å². The van der Waals surface area contributed by atoms with Crippen molar-refractivity contribution in [1.29, 1.82) is 0 Å². The van der Waals surface area contributed by atoms with Crippen LogP contribution in [-0.2, 0) is 0 Å². The summed E-state index contributed by atoms with van der Waals surface area (Å²) in [6, 6.07) is 8.92. The number of benzene rings is 1. The van der Waals surface area contributed by atoms with Gasteiger partial charge in [-0.2, -0.15) is 0 Å². The van der Waals surface area contributed by atoms with Gasteiger partial charge in [0.25, 0.3) is 0 Å². The molecule has 3 heterocycles. The Morgan fingerprint density at radius 1 is 1.07 bits per heavy atom. The van der Waals surface area contributed by atoms with Gasteiger partial charge in [0.05, 0.1) is 5.71 Å². The van der Waals surface area contributed by atoms with Crippen LogP contribution in [0.3, 0.4) is 0 Å². The number of aromatic nitrogens is 3. The van der Waals surface area contributed by atoms with Crippen LogP contribution in [0.1, 0.15) is 77.9 Å². The fourth-order valence-electron chi connectivity index (χ4n) is 3.69. The van der Waals surface area contributed by atoms with E-state index < -0.39 is 0 Å². The van der Waals surface area contributed by atoms with Crippen molar-refractivity contribution >= 4 is 17.0 Å². The Kier molecular flexibility index (Phi) is 4.50. The van der Waals surface area contributed by atoms with Crippen molar-refractivity contribution in [3.63, 3.8) is 0 Å². The quantitative estimate of drug-likeness (QED) is 0.588.